The highest BCUT2D eigenvalue weighted by molar-refractivity contribution is 7.13. The minimum atomic E-state index is -0.300. The second-order valence-corrected chi connectivity index (χ2v) is 7.70. The van der Waals surface area contributed by atoms with Gasteiger partial charge in [-0.25, -0.2) is 9.67 Å². The molecule has 7 heteroatoms. The first-order valence-electron chi connectivity index (χ1n) is 9.28. The van der Waals surface area contributed by atoms with Gasteiger partial charge in [-0.2, -0.15) is 5.10 Å². The van der Waals surface area contributed by atoms with Crippen molar-refractivity contribution in [2.45, 2.75) is 13.3 Å². The maximum atomic E-state index is 12.7. The highest BCUT2D eigenvalue weighted by Gasteiger charge is 2.15. The van der Waals surface area contributed by atoms with Gasteiger partial charge in [0.05, 0.1) is 11.1 Å². The van der Waals surface area contributed by atoms with E-state index in [0.29, 0.717) is 23.7 Å². The average Bonchev–Trinajstić information content (AvgIpc) is 3.20. The Hall–Kier alpha value is -3.32. The van der Waals surface area contributed by atoms with Crippen LogP contribution in [-0.2, 0) is 13.5 Å². The van der Waals surface area contributed by atoms with Gasteiger partial charge >= 0.3 is 0 Å². The monoisotopic (exact) mass is 404 g/mol. The summed E-state index contributed by atoms with van der Waals surface area (Å²) in [6.07, 6.45) is 0.623. The summed E-state index contributed by atoms with van der Waals surface area (Å²) in [5.41, 5.74) is 3.28. The lowest BCUT2D eigenvalue weighted by Gasteiger charge is -2.08. The van der Waals surface area contributed by atoms with Gasteiger partial charge in [-0.3, -0.25) is 9.59 Å². The molecule has 2 heterocycles. The van der Waals surface area contributed by atoms with Crippen LogP contribution < -0.4 is 10.9 Å². The number of hydrogen-bond acceptors (Lipinski definition) is 5. The van der Waals surface area contributed by atoms with Crippen LogP contribution in [0.5, 0.6) is 0 Å². The number of carbonyl (C=O) groups excluding carboxylic acids is 1. The van der Waals surface area contributed by atoms with Crippen LogP contribution in [0.3, 0.4) is 0 Å². The van der Waals surface area contributed by atoms with E-state index in [0.717, 1.165) is 16.3 Å². The molecule has 146 valence electrons. The third-order valence-corrected chi connectivity index (χ3v) is 5.63. The second-order valence-electron chi connectivity index (χ2n) is 6.84. The first-order chi connectivity index (χ1) is 14.0. The van der Waals surface area contributed by atoms with Crippen LogP contribution in [0.15, 0.2) is 58.7 Å². The second kappa shape index (κ2) is 7.97. The molecule has 0 atom stereocenters. The van der Waals surface area contributed by atoms with Gasteiger partial charge in [0.25, 0.3) is 11.5 Å². The molecule has 0 spiro atoms. The van der Waals surface area contributed by atoms with Gasteiger partial charge in [0.2, 0.25) is 0 Å². The van der Waals surface area contributed by atoms with Crippen molar-refractivity contribution in [2.75, 3.05) is 6.54 Å². The summed E-state index contributed by atoms with van der Waals surface area (Å²) in [6.45, 7) is 2.50. The minimum Gasteiger partial charge on any atom is -0.350 e. The number of fused-ring (bicyclic) bond motifs is 1. The maximum absolute atomic E-state index is 12.7. The van der Waals surface area contributed by atoms with E-state index >= 15 is 0 Å². The van der Waals surface area contributed by atoms with Gasteiger partial charge in [-0.05, 0) is 13.0 Å². The smallest absolute Gasteiger partial charge is 0.274 e. The molecule has 2 aromatic carbocycles. The van der Waals surface area contributed by atoms with E-state index in [1.165, 1.54) is 10.2 Å². The molecule has 0 unspecified atom stereocenters. The quantitative estimate of drug-likeness (QED) is 0.553. The Morgan fingerprint density at radius 3 is 2.59 bits per heavy atom. The summed E-state index contributed by atoms with van der Waals surface area (Å²) in [5.74, 6) is -0.300. The van der Waals surface area contributed by atoms with Crippen molar-refractivity contribution < 1.29 is 4.79 Å². The predicted molar refractivity (Wildman–Crippen MR) is 115 cm³/mol. The van der Waals surface area contributed by atoms with Crippen molar-refractivity contribution >= 4 is 28.0 Å². The SMILES string of the molecule is Cc1ccc(-c2nc(CCNC(=O)c3nn(C)c(=O)c4ccccc34)cs2)cc1. The Balaban J connectivity index is 1.45. The third-order valence-electron chi connectivity index (χ3n) is 4.69. The summed E-state index contributed by atoms with van der Waals surface area (Å²) in [6, 6.07) is 15.3. The fourth-order valence-electron chi connectivity index (χ4n) is 3.11. The van der Waals surface area contributed by atoms with E-state index in [-0.39, 0.29) is 17.2 Å². The van der Waals surface area contributed by atoms with Gasteiger partial charge in [-0.1, -0.05) is 48.0 Å². The van der Waals surface area contributed by atoms with Crippen molar-refractivity contribution in [2.24, 2.45) is 7.05 Å². The first kappa shape index (κ1) is 19.0. The number of aryl methyl sites for hydroxylation is 2. The van der Waals surface area contributed by atoms with Gasteiger partial charge in [0.15, 0.2) is 5.69 Å². The molecule has 0 bridgehead atoms. The van der Waals surface area contributed by atoms with Crippen LogP contribution in [0.4, 0.5) is 0 Å². The largest absolute Gasteiger partial charge is 0.350 e. The minimum absolute atomic E-state index is 0.219. The Morgan fingerprint density at radius 1 is 1.10 bits per heavy atom. The van der Waals surface area contributed by atoms with Gasteiger partial charge in [-0.15, -0.1) is 11.3 Å². The summed E-state index contributed by atoms with van der Waals surface area (Å²) in [4.78, 5) is 29.5. The summed E-state index contributed by atoms with van der Waals surface area (Å²) >= 11 is 1.59. The van der Waals surface area contributed by atoms with Crippen molar-refractivity contribution in [3.05, 3.63) is 81.2 Å². The Kier molecular flexibility index (Phi) is 5.22. The summed E-state index contributed by atoms with van der Waals surface area (Å²) in [5, 5.41) is 11.1. The zero-order chi connectivity index (χ0) is 20.4. The van der Waals surface area contributed by atoms with E-state index < -0.39 is 0 Å². The standard InChI is InChI=1S/C22H20N4O2S/c1-14-7-9-15(10-8-14)21-24-16(13-29-21)11-12-23-20(27)19-17-5-3-4-6-18(17)22(28)26(2)25-19/h3-10,13H,11-12H2,1-2H3,(H,23,27). The highest BCUT2D eigenvalue weighted by Crippen LogP contribution is 2.24. The molecule has 0 radical (unpaired) electrons. The number of carbonyl (C=O) groups is 1. The van der Waals surface area contributed by atoms with Crippen molar-refractivity contribution in [1.82, 2.24) is 20.1 Å². The molecule has 29 heavy (non-hydrogen) atoms. The number of aromatic nitrogens is 3. The van der Waals surface area contributed by atoms with E-state index in [4.69, 9.17) is 0 Å². The van der Waals surface area contributed by atoms with E-state index in [2.05, 4.69) is 46.6 Å². The predicted octanol–water partition coefficient (Wildman–Crippen LogP) is 3.34. The number of amides is 1. The number of rotatable bonds is 5. The van der Waals surface area contributed by atoms with E-state index in [9.17, 15) is 9.59 Å². The topological polar surface area (TPSA) is 76.9 Å². The number of nitrogens with zero attached hydrogens (tertiary/aromatic N) is 3. The zero-order valence-corrected chi connectivity index (χ0v) is 17.0. The van der Waals surface area contributed by atoms with Gasteiger partial charge in [0, 0.05) is 36.3 Å². The van der Waals surface area contributed by atoms with Gasteiger partial charge < -0.3 is 5.32 Å². The molecule has 0 aliphatic rings. The van der Waals surface area contributed by atoms with Crippen molar-refractivity contribution in [3.63, 3.8) is 0 Å². The molecule has 1 N–H and O–H groups in total. The maximum Gasteiger partial charge on any atom is 0.274 e. The Bertz CT molecular complexity index is 1240. The van der Waals surface area contributed by atoms with Gasteiger partial charge in [0.1, 0.15) is 5.01 Å². The number of thiazole rings is 1. The fraction of sp³-hybridized carbons (Fsp3) is 0.182. The highest BCUT2D eigenvalue weighted by atomic mass is 32.1. The van der Waals surface area contributed by atoms with Crippen LogP contribution in [0.25, 0.3) is 21.3 Å². The Morgan fingerprint density at radius 2 is 1.83 bits per heavy atom. The summed E-state index contributed by atoms with van der Waals surface area (Å²) in [7, 11) is 1.55. The molecule has 6 nitrogen and oxygen atoms in total. The van der Waals surface area contributed by atoms with Crippen molar-refractivity contribution in [3.8, 4) is 10.6 Å². The van der Waals surface area contributed by atoms with E-state index in [1.54, 1.807) is 42.6 Å². The molecule has 0 saturated heterocycles. The van der Waals surface area contributed by atoms with Crippen LogP contribution in [0.2, 0.25) is 0 Å². The van der Waals surface area contributed by atoms with Crippen LogP contribution in [0.1, 0.15) is 21.7 Å². The van der Waals surface area contributed by atoms with Crippen LogP contribution in [0, 0.1) is 6.92 Å². The normalized spacial score (nSPS) is 11.0. The molecule has 1 amide bonds. The van der Waals surface area contributed by atoms with Crippen LogP contribution >= 0.6 is 11.3 Å². The lowest BCUT2D eigenvalue weighted by atomic mass is 10.1. The van der Waals surface area contributed by atoms with Crippen molar-refractivity contribution in [1.29, 1.82) is 0 Å². The molecular formula is C22H20N4O2S. The molecule has 0 saturated carbocycles. The molecule has 0 aliphatic carbocycles. The van der Waals surface area contributed by atoms with Crippen LogP contribution in [-0.4, -0.2) is 27.2 Å². The Labute approximate surface area is 171 Å². The molecule has 0 aliphatic heterocycles. The third kappa shape index (κ3) is 3.95. The number of benzene rings is 2. The average molecular weight is 404 g/mol. The molecule has 2 aromatic heterocycles. The fourth-order valence-corrected chi connectivity index (χ4v) is 3.97. The first-order valence-corrected chi connectivity index (χ1v) is 10.2. The lowest BCUT2D eigenvalue weighted by molar-refractivity contribution is 0.0949. The molecule has 4 aromatic rings. The lowest BCUT2D eigenvalue weighted by Crippen LogP contribution is -2.30. The van der Waals surface area contributed by atoms with E-state index in [1.807, 2.05) is 5.38 Å². The summed E-state index contributed by atoms with van der Waals surface area (Å²) < 4.78 is 1.20. The molecular weight excluding hydrogens is 384 g/mol. The number of nitrogens with one attached hydrogen (secondary N) is 1. The zero-order valence-electron chi connectivity index (χ0n) is 16.2. The molecule has 4 rings (SSSR count). The molecule has 0 fully saturated rings. The number of hydrogen-bond donors (Lipinski definition) is 1.